The van der Waals surface area contributed by atoms with Gasteiger partial charge in [-0.3, -0.25) is 23.2 Å². The molecule has 4 aliphatic carbocycles. The zero-order valence-electron chi connectivity index (χ0n) is 25.6. The summed E-state index contributed by atoms with van der Waals surface area (Å²) in [4.78, 5) is 26.2. The molecule has 1 aliphatic heterocycles. The zero-order valence-corrected chi connectivity index (χ0v) is 26.5. The second-order valence-electron chi connectivity index (χ2n) is 14.8. The molecule has 5 rings (SSSR count). The number of carbonyl (C=O) groups excluding carboxylic acids is 2. The van der Waals surface area contributed by atoms with Crippen molar-refractivity contribution in [3.05, 3.63) is 23.8 Å². The van der Waals surface area contributed by atoms with Gasteiger partial charge in [-0.2, -0.15) is 0 Å². The maximum absolute atomic E-state index is 17.5. The fourth-order valence-corrected chi connectivity index (χ4v) is 10.2. The molecule has 3 saturated carbocycles. The number of carbonyl (C=O) groups is 2. The summed E-state index contributed by atoms with van der Waals surface area (Å²) in [6.45, 7) is 12.4. The van der Waals surface area contributed by atoms with Gasteiger partial charge in [-0.25, -0.2) is 13.3 Å². The predicted octanol–water partition coefficient (Wildman–Crippen LogP) is 5.35. The summed E-state index contributed by atoms with van der Waals surface area (Å²) in [5, 5.41) is 11.6. The maximum Gasteiger partial charge on any atom is 0.476 e. The summed E-state index contributed by atoms with van der Waals surface area (Å²) in [7, 11) is -4.26. The van der Waals surface area contributed by atoms with Crippen molar-refractivity contribution in [2.75, 3.05) is 13.4 Å². The van der Waals surface area contributed by atoms with Gasteiger partial charge in [0, 0.05) is 16.7 Å². The van der Waals surface area contributed by atoms with E-state index in [0.717, 1.165) is 6.08 Å². The molecule has 236 valence electrons. The lowest BCUT2D eigenvalue weighted by atomic mass is 9.44. The van der Waals surface area contributed by atoms with Gasteiger partial charge >= 0.3 is 7.82 Å². The SMILES string of the molecule is CC(C)(C)OP(=O)(OCC(=O)[C@@]12OCO[C@@H]1CC1C3C[C@H](F)C4=CC(=O)C=C[C@]4(C)[C@@]3(F)[C@@H](O)C[C@@]12C)OC(C)(C)C. The van der Waals surface area contributed by atoms with Crippen LogP contribution in [0.2, 0.25) is 0 Å². The number of allylic oxidation sites excluding steroid dienone is 4. The first-order valence-corrected chi connectivity index (χ1v) is 16.0. The lowest BCUT2D eigenvalue weighted by molar-refractivity contribution is -0.226. The van der Waals surface area contributed by atoms with Crippen LogP contribution < -0.4 is 0 Å². The minimum absolute atomic E-state index is 0.0229. The largest absolute Gasteiger partial charge is 0.476 e. The Balaban J connectivity index is 1.49. The predicted molar refractivity (Wildman–Crippen MR) is 148 cm³/mol. The van der Waals surface area contributed by atoms with Crippen molar-refractivity contribution in [2.24, 2.45) is 22.7 Å². The van der Waals surface area contributed by atoms with E-state index in [4.69, 9.17) is 23.0 Å². The van der Waals surface area contributed by atoms with Crippen molar-refractivity contribution in [3.63, 3.8) is 0 Å². The number of ketones is 2. The number of rotatable bonds is 6. The number of fused-ring (bicyclic) bond motifs is 7. The van der Waals surface area contributed by atoms with Crippen LogP contribution >= 0.6 is 7.82 Å². The molecule has 1 heterocycles. The van der Waals surface area contributed by atoms with Crippen LogP contribution in [0.4, 0.5) is 8.78 Å². The summed E-state index contributed by atoms with van der Waals surface area (Å²) < 4.78 is 75.8. The summed E-state index contributed by atoms with van der Waals surface area (Å²) in [6.07, 6.45) is -0.594. The normalized spacial score (nSPS) is 43.4. The Morgan fingerprint density at radius 3 is 2.33 bits per heavy atom. The molecule has 2 unspecified atom stereocenters. The van der Waals surface area contributed by atoms with Gasteiger partial charge in [-0.05, 0) is 91.4 Å². The highest BCUT2D eigenvalue weighted by molar-refractivity contribution is 7.48. The summed E-state index contributed by atoms with van der Waals surface area (Å²) >= 11 is 0. The molecule has 9 nitrogen and oxygen atoms in total. The lowest BCUT2D eigenvalue weighted by Gasteiger charge is -2.63. The molecule has 0 radical (unpaired) electrons. The van der Waals surface area contributed by atoms with Gasteiger partial charge in [-0.15, -0.1) is 0 Å². The highest BCUT2D eigenvalue weighted by atomic mass is 31.2. The third-order valence-corrected chi connectivity index (χ3v) is 11.9. The number of hydrogen-bond acceptors (Lipinski definition) is 9. The number of hydrogen-bond donors (Lipinski definition) is 1. The number of phosphoric acid groups is 1. The molecular weight excluding hydrogens is 573 g/mol. The van der Waals surface area contributed by atoms with Gasteiger partial charge in [0.05, 0.1) is 23.4 Å². The van der Waals surface area contributed by atoms with Crippen LogP contribution in [0.25, 0.3) is 0 Å². The van der Waals surface area contributed by atoms with E-state index in [9.17, 15) is 19.3 Å². The molecule has 1 N–H and O–H groups in total. The van der Waals surface area contributed by atoms with E-state index in [2.05, 4.69) is 0 Å². The number of halogens is 2. The minimum atomic E-state index is -4.26. The number of alkyl halides is 2. The van der Waals surface area contributed by atoms with Gasteiger partial charge in [0.1, 0.15) is 19.6 Å². The molecule has 1 saturated heterocycles. The van der Waals surface area contributed by atoms with E-state index in [0.29, 0.717) is 0 Å². The van der Waals surface area contributed by atoms with Crippen molar-refractivity contribution in [2.45, 2.75) is 116 Å². The number of phosphoric ester groups is 1. The Labute approximate surface area is 245 Å². The second kappa shape index (κ2) is 9.83. The quantitative estimate of drug-likeness (QED) is 0.394. The number of ether oxygens (including phenoxy) is 2. The molecule has 0 amide bonds. The average molecular weight is 617 g/mol. The number of aliphatic hydroxyl groups is 1. The van der Waals surface area contributed by atoms with Crippen LogP contribution in [0.3, 0.4) is 0 Å². The fraction of sp³-hybridized carbons (Fsp3) is 0.800. The Morgan fingerprint density at radius 1 is 1.12 bits per heavy atom. The highest BCUT2D eigenvalue weighted by Gasteiger charge is 2.79. The lowest BCUT2D eigenvalue weighted by Crippen LogP contribution is -2.70. The molecule has 9 atom stereocenters. The van der Waals surface area contributed by atoms with E-state index >= 15 is 8.78 Å². The highest BCUT2D eigenvalue weighted by Crippen LogP contribution is 2.71. The first-order valence-electron chi connectivity index (χ1n) is 14.5. The van der Waals surface area contributed by atoms with E-state index in [1.165, 1.54) is 19.1 Å². The maximum atomic E-state index is 17.5. The number of Topliss-reactive ketones (excluding diaryl/α,β-unsaturated/α-hetero) is 1. The van der Waals surface area contributed by atoms with Crippen molar-refractivity contribution in [1.29, 1.82) is 0 Å². The summed E-state index contributed by atoms with van der Waals surface area (Å²) in [6, 6.07) is 0. The van der Waals surface area contributed by atoms with Crippen molar-refractivity contribution < 1.29 is 51.1 Å². The van der Waals surface area contributed by atoms with E-state index in [-0.39, 0.29) is 31.6 Å². The monoisotopic (exact) mass is 616 g/mol. The summed E-state index contributed by atoms with van der Waals surface area (Å²) in [5.74, 6) is -2.66. The van der Waals surface area contributed by atoms with E-state index in [1.54, 1.807) is 48.5 Å². The number of aliphatic hydroxyl groups excluding tert-OH is 1. The average Bonchev–Trinajstić information content (AvgIpc) is 3.36. The molecule has 0 aromatic rings. The first kappa shape index (κ1) is 32.1. The van der Waals surface area contributed by atoms with Gasteiger partial charge < -0.3 is 14.6 Å². The minimum Gasteiger partial charge on any atom is -0.390 e. The molecule has 0 bridgehead atoms. The van der Waals surface area contributed by atoms with Crippen LogP contribution in [0, 0.1) is 22.7 Å². The Kier molecular flexibility index (Phi) is 7.51. The van der Waals surface area contributed by atoms with Gasteiger partial charge in [0.15, 0.2) is 22.8 Å². The third kappa shape index (κ3) is 4.65. The van der Waals surface area contributed by atoms with Crippen molar-refractivity contribution in [1.82, 2.24) is 0 Å². The van der Waals surface area contributed by atoms with E-state index in [1.807, 2.05) is 0 Å². The molecular formula is C30H43F2O9P. The smallest absolute Gasteiger partial charge is 0.390 e. The van der Waals surface area contributed by atoms with Crippen LogP contribution in [0.15, 0.2) is 23.8 Å². The Morgan fingerprint density at radius 2 is 1.74 bits per heavy atom. The first-order chi connectivity index (χ1) is 19.1. The molecule has 4 fully saturated rings. The van der Waals surface area contributed by atoms with Crippen LogP contribution in [0.5, 0.6) is 0 Å². The zero-order chi connectivity index (χ0) is 31.3. The molecule has 42 heavy (non-hydrogen) atoms. The van der Waals surface area contributed by atoms with Crippen molar-refractivity contribution >= 4 is 19.4 Å². The molecule has 0 aromatic heterocycles. The van der Waals surface area contributed by atoms with Gasteiger partial charge in [0.25, 0.3) is 0 Å². The van der Waals surface area contributed by atoms with Crippen LogP contribution in [-0.2, 0) is 37.2 Å². The molecule has 12 heteroatoms. The van der Waals surface area contributed by atoms with Crippen molar-refractivity contribution in [3.8, 4) is 0 Å². The van der Waals surface area contributed by atoms with Gasteiger partial charge in [0.2, 0.25) is 0 Å². The van der Waals surface area contributed by atoms with E-state index < -0.39 is 89.5 Å². The standard InChI is InChI=1S/C30H43F2O9P/c1-25(2,3)40-42(36,41-26(4,5)6)39-15-23(35)30-24(37-16-38-30)13-18-19-12-21(31)20-11-17(33)9-10-27(20,7)29(19,32)22(34)14-28(18,30)8/h9-11,18-19,21-22,24,34H,12-16H2,1-8H3/t18?,19?,21-,22-,24+,27-,28-,29-,30+/m0/s1. The van der Waals surface area contributed by atoms with Crippen LogP contribution in [-0.4, -0.2) is 70.9 Å². The molecule has 0 spiro atoms. The topological polar surface area (TPSA) is 118 Å². The fourth-order valence-electron chi connectivity index (χ4n) is 8.40. The van der Waals surface area contributed by atoms with Gasteiger partial charge in [-0.1, -0.05) is 13.0 Å². The van der Waals surface area contributed by atoms with Crippen LogP contribution in [0.1, 0.15) is 74.7 Å². The molecule has 0 aromatic carbocycles. The Hall–Kier alpha value is -1.33. The molecule has 5 aliphatic rings. The Bertz CT molecular complexity index is 1250. The second-order valence-corrected chi connectivity index (χ2v) is 16.3. The third-order valence-electron chi connectivity index (χ3n) is 9.88. The summed E-state index contributed by atoms with van der Waals surface area (Å²) in [5.41, 5.74) is -8.54.